The zero-order valence-electron chi connectivity index (χ0n) is 20.2. The van der Waals surface area contributed by atoms with Crippen LogP contribution in [0.4, 0.5) is 0 Å². The molecule has 4 aromatic carbocycles. The number of carbonyl (C=O) groups is 2. The Labute approximate surface area is 220 Å². The van der Waals surface area contributed by atoms with Crippen LogP contribution in [0.15, 0.2) is 132 Å². The Hall–Kier alpha value is -5.72. The fourth-order valence-electron chi connectivity index (χ4n) is 3.75. The lowest BCUT2D eigenvalue weighted by Crippen LogP contribution is -2.03. The third-order valence-corrected chi connectivity index (χ3v) is 5.40. The van der Waals surface area contributed by atoms with Gasteiger partial charge >= 0.3 is 11.9 Å². The molecule has 0 aromatic heterocycles. The molecule has 184 valence electrons. The maximum Gasteiger partial charge on any atom is 0.347 e. The number of carboxylic acid groups (broad SMARTS) is 2. The molecular weight excluding hydrogens is 476 g/mol. The second kappa shape index (κ2) is 13.4. The van der Waals surface area contributed by atoms with E-state index in [0.717, 1.165) is 0 Å². The molecule has 4 rings (SSSR count). The van der Waals surface area contributed by atoms with Crippen LogP contribution in [0, 0.1) is 22.7 Å². The SMILES string of the molecule is N#CC(C(=O)O)=C(c1ccccc1)c1ccccc1.N#CC(C(=O)O)=C(c1ccccc1)c1ccccc1. The van der Waals surface area contributed by atoms with Crippen LogP contribution >= 0.6 is 0 Å². The highest BCUT2D eigenvalue weighted by Gasteiger charge is 2.18. The van der Waals surface area contributed by atoms with Crippen LogP contribution in [-0.2, 0) is 9.59 Å². The first-order chi connectivity index (χ1) is 18.5. The largest absolute Gasteiger partial charge is 0.477 e. The van der Waals surface area contributed by atoms with Gasteiger partial charge in [-0.05, 0) is 22.3 Å². The number of benzene rings is 4. The molecule has 38 heavy (non-hydrogen) atoms. The van der Waals surface area contributed by atoms with Gasteiger partial charge in [0.25, 0.3) is 0 Å². The number of aliphatic carboxylic acids is 2. The Morgan fingerprint density at radius 2 is 0.658 bits per heavy atom. The molecule has 0 radical (unpaired) electrons. The maximum atomic E-state index is 11.2. The van der Waals surface area contributed by atoms with Crippen LogP contribution in [0.3, 0.4) is 0 Å². The molecular formula is C32H22N2O4. The van der Waals surface area contributed by atoms with Crippen LogP contribution in [-0.4, -0.2) is 22.2 Å². The van der Waals surface area contributed by atoms with Gasteiger partial charge in [0.05, 0.1) is 0 Å². The summed E-state index contributed by atoms with van der Waals surface area (Å²) >= 11 is 0. The molecule has 0 saturated carbocycles. The summed E-state index contributed by atoms with van der Waals surface area (Å²) in [6, 6.07) is 39.8. The first-order valence-corrected chi connectivity index (χ1v) is 11.4. The minimum absolute atomic E-state index is 0.252. The molecule has 2 N–H and O–H groups in total. The normalized spacial score (nSPS) is 9.42. The molecule has 0 amide bonds. The van der Waals surface area contributed by atoms with E-state index in [1.165, 1.54) is 0 Å². The molecule has 6 nitrogen and oxygen atoms in total. The zero-order valence-corrected chi connectivity index (χ0v) is 20.2. The summed E-state index contributed by atoms with van der Waals surface area (Å²) in [5.74, 6) is -2.43. The predicted molar refractivity (Wildman–Crippen MR) is 144 cm³/mol. The highest BCUT2D eigenvalue weighted by atomic mass is 16.4. The highest BCUT2D eigenvalue weighted by molar-refractivity contribution is 6.05. The van der Waals surface area contributed by atoms with Gasteiger partial charge in [0.15, 0.2) is 0 Å². The fourth-order valence-corrected chi connectivity index (χ4v) is 3.75. The molecule has 4 aromatic rings. The van der Waals surface area contributed by atoms with Crippen molar-refractivity contribution in [3.05, 3.63) is 155 Å². The molecule has 0 bridgehead atoms. The summed E-state index contributed by atoms with van der Waals surface area (Å²) in [6.07, 6.45) is 0. The van der Waals surface area contributed by atoms with E-state index in [1.807, 2.05) is 72.8 Å². The summed E-state index contributed by atoms with van der Waals surface area (Å²) in [5.41, 5.74) is 3.24. The van der Waals surface area contributed by atoms with Crippen LogP contribution < -0.4 is 0 Å². The van der Waals surface area contributed by atoms with Gasteiger partial charge in [-0.2, -0.15) is 10.5 Å². The predicted octanol–water partition coefficient (Wildman–Crippen LogP) is 6.19. The summed E-state index contributed by atoms with van der Waals surface area (Å²) in [5, 5.41) is 36.6. The number of rotatable bonds is 6. The molecule has 0 fully saturated rings. The Morgan fingerprint density at radius 3 is 0.816 bits per heavy atom. The summed E-state index contributed by atoms with van der Waals surface area (Å²) < 4.78 is 0. The number of hydrogen-bond donors (Lipinski definition) is 2. The molecule has 0 aliphatic carbocycles. The summed E-state index contributed by atoms with van der Waals surface area (Å²) in [4.78, 5) is 22.5. The van der Waals surface area contributed by atoms with Crippen LogP contribution in [0.5, 0.6) is 0 Å². The smallest absolute Gasteiger partial charge is 0.347 e. The molecule has 0 spiro atoms. The van der Waals surface area contributed by atoms with Crippen molar-refractivity contribution < 1.29 is 19.8 Å². The maximum absolute atomic E-state index is 11.2. The van der Waals surface area contributed by atoms with Crippen LogP contribution in [0.2, 0.25) is 0 Å². The van der Waals surface area contributed by atoms with Crippen molar-refractivity contribution >= 4 is 23.1 Å². The molecule has 0 atom stereocenters. The van der Waals surface area contributed by atoms with Gasteiger partial charge in [0.2, 0.25) is 0 Å². The highest BCUT2D eigenvalue weighted by Crippen LogP contribution is 2.28. The average molecular weight is 499 g/mol. The molecule has 0 aliphatic heterocycles. The molecule has 0 saturated heterocycles. The summed E-state index contributed by atoms with van der Waals surface area (Å²) in [6.45, 7) is 0. The van der Waals surface area contributed by atoms with Crippen molar-refractivity contribution in [2.24, 2.45) is 0 Å². The van der Waals surface area contributed by atoms with Crippen LogP contribution in [0.25, 0.3) is 11.1 Å². The van der Waals surface area contributed by atoms with E-state index in [0.29, 0.717) is 33.4 Å². The third-order valence-electron chi connectivity index (χ3n) is 5.40. The van der Waals surface area contributed by atoms with E-state index in [2.05, 4.69) is 0 Å². The lowest BCUT2D eigenvalue weighted by atomic mass is 9.93. The van der Waals surface area contributed by atoms with Gasteiger partial charge in [-0.15, -0.1) is 0 Å². The number of nitriles is 2. The minimum atomic E-state index is -1.22. The van der Waals surface area contributed by atoms with Gasteiger partial charge < -0.3 is 10.2 Å². The van der Waals surface area contributed by atoms with Gasteiger partial charge in [0.1, 0.15) is 23.3 Å². The van der Waals surface area contributed by atoms with E-state index in [9.17, 15) is 19.8 Å². The quantitative estimate of drug-likeness (QED) is 0.241. The molecule has 6 heteroatoms. The molecule has 0 unspecified atom stereocenters. The van der Waals surface area contributed by atoms with E-state index < -0.39 is 11.9 Å². The van der Waals surface area contributed by atoms with E-state index in [4.69, 9.17) is 10.5 Å². The summed E-state index contributed by atoms with van der Waals surface area (Å²) in [7, 11) is 0. The number of nitrogens with zero attached hydrogens (tertiary/aromatic N) is 2. The standard InChI is InChI=1S/2C16H11NO2/c2*17-11-14(16(18)19)15(12-7-3-1-4-8-12)13-9-5-2-6-10-13/h2*1-10H,(H,18,19). The van der Waals surface area contributed by atoms with Crippen molar-refractivity contribution in [3.63, 3.8) is 0 Å². The van der Waals surface area contributed by atoms with Crippen molar-refractivity contribution in [3.8, 4) is 12.1 Å². The van der Waals surface area contributed by atoms with E-state index >= 15 is 0 Å². The molecule has 0 aliphatic rings. The van der Waals surface area contributed by atoms with Crippen molar-refractivity contribution in [2.45, 2.75) is 0 Å². The van der Waals surface area contributed by atoms with E-state index in [-0.39, 0.29) is 11.1 Å². The Morgan fingerprint density at radius 1 is 0.447 bits per heavy atom. The minimum Gasteiger partial charge on any atom is -0.477 e. The van der Waals surface area contributed by atoms with Gasteiger partial charge in [-0.1, -0.05) is 121 Å². The fraction of sp³-hybridized carbons (Fsp3) is 0. The monoisotopic (exact) mass is 498 g/mol. The second-order valence-corrected chi connectivity index (χ2v) is 7.80. The topological polar surface area (TPSA) is 122 Å². The molecule has 0 heterocycles. The van der Waals surface area contributed by atoms with Gasteiger partial charge in [0, 0.05) is 11.1 Å². The van der Waals surface area contributed by atoms with E-state index in [1.54, 1.807) is 60.7 Å². The van der Waals surface area contributed by atoms with Crippen molar-refractivity contribution in [2.75, 3.05) is 0 Å². The first kappa shape index (κ1) is 26.9. The lowest BCUT2D eigenvalue weighted by molar-refractivity contribution is -0.133. The van der Waals surface area contributed by atoms with Crippen molar-refractivity contribution in [1.82, 2.24) is 0 Å². The Balaban J connectivity index is 0.000000211. The second-order valence-electron chi connectivity index (χ2n) is 7.80. The van der Waals surface area contributed by atoms with Crippen LogP contribution in [0.1, 0.15) is 22.3 Å². The number of hydrogen-bond acceptors (Lipinski definition) is 4. The Kier molecular flexibility index (Phi) is 9.47. The first-order valence-electron chi connectivity index (χ1n) is 11.4. The van der Waals surface area contributed by atoms with Gasteiger partial charge in [-0.25, -0.2) is 9.59 Å². The lowest BCUT2D eigenvalue weighted by Gasteiger charge is -2.09. The van der Waals surface area contributed by atoms with Gasteiger partial charge in [-0.3, -0.25) is 0 Å². The Bertz CT molecular complexity index is 1340. The van der Waals surface area contributed by atoms with Crippen molar-refractivity contribution in [1.29, 1.82) is 10.5 Å². The number of carboxylic acids is 2. The zero-order chi connectivity index (χ0) is 27.3. The average Bonchev–Trinajstić information content (AvgIpc) is 2.96. The third kappa shape index (κ3) is 6.69.